The molecule has 2 aromatic rings. The number of carbonyl (C=O) groups is 1. The SMILES string of the molecule is CC(C)(C(=O)c1cccc(F)c1F)c1ccc(N)cc1. The van der Waals surface area contributed by atoms with Crippen LogP contribution in [-0.4, -0.2) is 5.78 Å². The summed E-state index contributed by atoms with van der Waals surface area (Å²) in [4.78, 5) is 12.5. The van der Waals surface area contributed by atoms with Gasteiger partial charge in [-0.15, -0.1) is 0 Å². The van der Waals surface area contributed by atoms with Crippen LogP contribution in [0.15, 0.2) is 42.5 Å². The van der Waals surface area contributed by atoms with Crippen LogP contribution in [0.3, 0.4) is 0 Å². The van der Waals surface area contributed by atoms with Gasteiger partial charge >= 0.3 is 0 Å². The molecule has 2 nitrogen and oxygen atoms in total. The summed E-state index contributed by atoms with van der Waals surface area (Å²) in [7, 11) is 0. The molecule has 104 valence electrons. The van der Waals surface area contributed by atoms with Gasteiger partial charge in [0.1, 0.15) is 0 Å². The normalized spacial score (nSPS) is 11.4. The molecule has 0 aliphatic heterocycles. The van der Waals surface area contributed by atoms with Crippen LogP contribution in [0.2, 0.25) is 0 Å². The molecule has 0 aliphatic carbocycles. The highest BCUT2D eigenvalue weighted by Gasteiger charge is 2.32. The second kappa shape index (κ2) is 5.04. The molecule has 2 N–H and O–H groups in total. The maximum absolute atomic E-state index is 13.7. The first-order valence-electron chi connectivity index (χ1n) is 6.19. The Morgan fingerprint density at radius 3 is 2.25 bits per heavy atom. The lowest BCUT2D eigenvalue weighted by atomic mass is 9.78. The van der Waals surface area contributed by atoms with Crippen LogP contribution < -0.4 is 5.73 Å². The van der Waals surface area contributed by atoms with Gasteiger partial charge in [0.2, 0.25) is 0 Å². The highest BCUT2D eigenvalue weighted by atomic mass is 19.2. The maximum Gasteiger partial charge on any atom is 0.175 e. The van der Waals surface area contributed by atoms with E-state index >= 15 is 0 Å². The van der Waals surface area contributed by atoms with E-state index in [1.165, 1.54) is 12.1 Å². The summed E-state index contributed by atoms with van der Waals surface area (Å²) in [5.74, 6) is -2.61. The minimum atomic E-state index is -1.11. The lowest BCUT2D eigenvalue weighted by molar-refractivity contribution is 0.0903. The molecule has 20 heavy (non-hydrogen) atoms. The van der Waals surface area contributed by atoms with Crippen molar-refractivity contribution in [1.82, 2.24) is 0 Å². The molecular weight excluding hydrogens is 260 g/mol. The molecule has 0 bridgehead atoms. The number of hydrogen-bond donors (Lipinski definition) is 1. The van der Waals surface area contributed by atoms with Crippen LogP contribution in [0.4, 0.5) is 14.5 Å². The van der Waals surface area contributed by atoms with Crippen molar-refractivity contribution in [2.75, 3.05) is 5.73 Å². The fourth-order valence-electron chi connectivity index (χ4n) is 2.05. The van der Waals surface area contributed by atoms with Crippen molar-refractivity contribution in [2.24, 2.45) is 0 Å². The van der Waals surface area contributed by atoms with E-state index in [4.69, 9.17) is 5.73 Å². The Morgan fingerprint density at radius 2 is 1.65 bits per heavy atom. The van der Waals surface area contributed by atoms with Gasteiger partial charge in [-0.2, -0.15) is 0 Å². The monoisotopic (exact) mass is 275 g/mol. The summed E-state index contributed by atoms with van der Waals surface area (Å²) in [6.07, 6.45) is 0. The molecular formula is C16H15F2NO. The smallest absolute Gasteiger partial charge is 0.175 e. The van der Waals surface area contributed by atoms with E-state index in [2.05, 4.69) is 0 Å². The molecule has 0 atom stereocenters. The van der Waals surface area contributed by atoms with E-state index < -0.39 is 22.8 Å². The highest BCUT2D eigenvalue weighted by Crippen LogP contribution is 2.29. The fraction of sp³-hybridized carbons (Fsp3) is 0.188. The number of Topliss-reactive ketones (excluding diaryl/α,β-unsaturated/α-hetero) is 1. The average Bonchev–Trinajstić information content (AvgIpc) is 2.41. The topological polar surface area (TPSA) is 43.1 Å². The van der Waals surface area contributed by atoms with E-state index in [9.17, 15) is 13.6 Å². The molecule has 0 saturated carbocycles. The summed E-state index contributed by atoms with van der Waals surface area (Å²) >= 11 is 0. The fourth-order valence-corrected chi connectivity index (χ4v) is 2.05. The van der Waals surface area contributed by atoms with Crippen LogP contribution >= 0.6 is 0 Å². The van der Waals surface area contributed by atoms with Gasteiger partial charge in [0.25, 0.3) is 0 Å². The Labute approximate surface area is 116 Å². The minimum absolute atomic E-state index is 0.244. The average molecular weight is 275 g/mol. The first-order chi connectivity index (χ1) is 9.34. The number of rotatable bonds is 3. The highest BCUT2D eigenvalue weighted by molar-refractivity contribution is 6.03. The molecule has 0 spiro atoms. The lowest BCUT2D eigenvalue weighted by Gasteiger charge is -2.24. The van der Waals surface area contributed by atoms with Crippen molar-refractivity contribution in [3.05, 3.63) is 65.2 Å². The molecule has 0 radical (unpaired) electrons. The van der Waals surface area contributed by atoms with Gasteiger partial charge in [0, 0.05) is 5.69 Å². The molecule has 0 saturated heterocycles. The zero-order chi connectivity index (χ0) is 14.9. The van der Waals surface area contributed by atoms with Crippen LogP contribution in [0, 0.1) is 11.6 Å². The Hall–Kier alpha value is -2.23. The molecule has 0 fully saturated rings. The maximum atomic E-state index is 13.7. The van der Waals surface area contributed by atoms with Crippen molar-refractivity contribution in [3.8, 4) is 0 Å². The molecule has 4 heteroatoms. The Balaban J connectivity index is 2.45. The minimum Gasteiger partial charge on any atom is -0.399 e. The summed E-state index contributed by atoms with van der Waals surface area (Å²) < 4.78 is 27.0. The predicted molar refractivity (Wildman–Crippen MR) is 74.6 cm³/mol. The molecule has 0 aliphatic rings. The van der Waals surface area contributed by atoms with Gasteiger partial charge in [-0.25, -0.2) is 8.78 Å². The summed E-state index contributed by atoms with van der Waals surface area (Å²) in [6.45, 7) is 3.34. The van der Waals surface area contributed by atoms with Gasteiger partial charge in [-0.05, 0) is 43.7 Å². The van der Waals surface area contributed by atoms with Crippen LogP contribution in [0.5, 0.6) is 0 Å². The molecule has 0 amide bonds. The Morgan fingerprint density at radius 1 is 1.05 bits per heavy atom. The molecule has 2 aromatic carbocycles. The number of carbonyl (C=O) groups excluding carboxylic acids is 1. The summed E-state index contributed by atoms with van der Waals surface area (Å²) in [5, 5.41) is 0. The van der Waals surface area contributed by atoms with E-state index in [-0.39, 0.29) is 5.56 Å². The molecule has 0 unspecified atom stereocenters. The number of ketones is 1. The van der Waals surface area contributed by atoms with Gasteiger partial charge in [-0.3, -0.25) is 4.79 Å². The van der Waals surface area contributed by atoms with E-state index in [0.29, 0.717) is 11.3 Å². The second-order valence-electron chi connectivity index (χ2n) is 5.18. The number of nitrogens with two attached hydrogens (primary N) is 1. The first kappa shape index (κ1) is 14.2. The van der Waals surface area contributed by atoms with Gasteiger partial charge in [-0.1, -0.05) is 18.2 Å². The predicted octanol–water partition coefficient (Wildman–Crippen LogP) is 3.71. The quantitative estimate of drug-likeness (QED) is 0.685. The Kier molecular flexibility index (Phi) is 3.57. The number of nitrogen functional groups attached to an aromatic ring is 1. The number of benzene rings is 2. The van der Waals surface area contributed by atoms with Crippen LogP contribution in [0.25, 0.3) is 0 Å². The van der Waals surface area contributed by atoms with Crippen molar-refractivity contribution in [2.45, 2.75) is 19.3 Å². The Bertz CT molecular complexity index is 648. The number of hydrogen-bond acceptors (Lipinski definition) is 2. The first-order valence-corrected chi connectivity index (χ1v) is 6.19. The molecule has 0 heterocycles. The van der Waals surface area contributed by atoms with Crippen LogP contribution in [-0.2, 0) is 5.41 Å². The van der Waals surface area contributed by atoms with Gasteiger partial charge in [0.15, 0.2) is 17.4 Å². The van der Waals surface area contributed by atoms with Crippen LogP contribution in [0.1, 0.15) is 29.8 Å². The third-order valence-electron chi connectivity index (χ3n) is 3.40. The summed E-state index contributed by atoms with van der Waals surface area (Å²) in [6, 6.07) is 10.4. The zero-order valence-electron chi connectivity index (χ0n) is 11.3. The van der Waals surface area contributed by atoms with Gasteiger partial charge < -0.3 is 5.73 Å². The third kappa shape index (κ3) is 2.41. The van der Waals surface area contributed by atoms with Gasteiger partial charge in [0.05, 0.1) is 11.0 Å². The number of anilines is 1. The van der Waals surface area contributed by atoms with Crippen molar-refractivity contribution in [1.29, 1.82) is 0 Å². The van der Waals surface area contributed by atoms with Crippen molar-refractivity contribution >= 4 is 11.5 Å². The number of halogens is 2. The van der Waals surface area contributed by atoms with E-state index in [1.807, 2.05) is 0 Å². The van der Waals surface area contributed by atoms with E-state index in [0.717, 1.165) is 6.07 Å². The third-order valence-corrected chi connectivity index (χ3v) is 3.40. The standard InChI is InChI=1S/C16H15F2NO/c1-16(2,10-6-8-11(19)9-7-10)15(20)12-4-3-5-13(17)14(12)18/h3-9H,19H2,1-2H3. The van der Waals surface area contributed by atoms with E-state index in [1.54, 1.807) is 38.1 Å². The molecule has 0 aromatic heterocycles. The van der Waals surface area contributed by atoms with Crippen molar-refractivity contribution in [3.63, 3.8) is 0 Å². The summed E-state index contributed by atoms with van der Waals surface area (Å²) in [5.41, 5.74) is 5.67. The van der Waals surface area contributed by atoms with Crippen molar-refractivity contribution < 1.29 is 13.6 Å². The molecule has 2 rings (SSSR count). The zero-order valence-corrected chi connectivity index (χ0v) is 11.3. The largest absolute Gasteiger partial charge is 0.399 e. The second-order valence-corrected chi connectivity index (χ2v) is 5.18. The lowest BCUT2D eigenvalue weighted by Crippen LogP contribution is -2.30.